The molecule has 0 heterocycles. The van der Waals surface area contributed by atoms with Crippen LogP contribution < -0.4 is 4.72 Å². The van der Waals surface area contributed by atoms with E-state index in [2.05, 4.69) is 20.7 Å². The van der Waals surface area contributed by atoms with Crippen LogP contribution in [0.5, 0.6) is 0 Å². The maximum atomic E-state index is 12.3. The van der Waals surface area contributed by atoms with Gasteiger partial charge in [0.15, 0.2) is 0 Å². The second kappa shape index (κ2) is 5.83. The number of aromatic carboxylic acids is 1. The van der Waals surface area contributed by atoms with Crippen LogP contribution in [0.4, 0.5) is 0 Å². The van der Waals surface area contributed by atoms with E-state index < -0.39 is 16.0 Å². The molecule has 0 saturated carbocycles. The number of hydrogen-bond donors (Lipinski definition) is 2. The van der Waals surface area contributed by atoms with Crippen LogP contribution in [-0.4, -0.2) is 26.0 Å². The van der Waals surface area contributed by atoms with Gasteiger partial charge in [-0.1, -0.05) is 36.7 Å². The zero-order valence-electron chi connectivity index (χ0n) is 11.8. The molecular formula is C13H18BrNO4S. The summed E-state index contributed by atoms with van der Waals surface area (Å²) in [6.45, 7) is 7.62. The molecule has 0 saturated heterocycles. The van der Waals surface area contributed by atoms with Crippen LogP contribution in [0.3, 0.4) is 0 Å². The van der Waals surface area contributed by atoms with Crippen LogP contribution in [0, 0.1) is 12.3 Å². The third-order valence-corrected chi connectivity index (χ3v) is 4.98. The van der Waals surface area contributed by atoms with E-state index in [-0.39, 0.29) is 22.4 Å². The number of sulfonamides is 1. The van der Waals surface area contributed by atoms with Crippen LogP contribution in [0.1, 0.15) is 36.7 Å². The Hall–Kier alpha value is -0.920. The molecule has 20 heavy (non-hydrogen) atoms. The van der Waals surface area contributed by atoms with Crippen LogP contribution in [0.15, 0.2) is 21.5 Å². The molecule has 0 aromatic heterocycles. The minimum atomic E-state index is -3.75. The van der Waals surface area contributed by atoms with Crippen molar-refractivity contribution < 1.29 is 18.3 Å². The predicted molar refractivity (Wildman–Crippen MR) is 80.5 cm³/mol. The van der Waals surface area contributed by atoms with Crippen molar-refractivity contribution in [2.75, 3.05) is 6.54 Å². The van der Waals surface area contributed by atoms with Crippen LogP contribution >= 0.6 is 15.9 Å². The van der Waals surface area contributed by atoms with Gasteiger partial charge in [0.05, 0.1) is 10.5 Å². The molecule has 0 bridgehead atoms. The molecule has 0 spiro atoms. The monoisotopic (exact) mass is 363 g/mol. The Morgan fingerprint density at radius 3 is 2.35 bits per heavy atom. The predicted octanol–water partition coefficient (Wildman–Crippen LogP) is 2.78. The maximum absolute atomic E-state index is 12.3. The van der Waals surface area contributed by atoms with Gasteiger partial charge >= 0.3 is 5.97 Å². The number of benzene rings is 1. The number of carbonyl (C=O) groups is 1. The third-order valence-electron chi connectivity index (χ3n) is 2.63. The SMILES string of the molecule is Cc1c(Br)cc(C(=O)O)cc1S(=O)(=O)NCC(C)(C)C. The highest BCUT2D eigenvalue weighted by Gasteiger charge is 2.23. The van der Waals surface area contributed by atoms with E-state index in [9.17, 15) is 13.2 Å². The molecule has 0 aliphatic heterocycles. The Morgan fingerprint density at radius 2 is 1.90 bits per heavy atom. The molecule has 0 radical (unpaired) electrons. The fourth-order valence-corrected chi connectivity index (χ4v) is 3.61. The first kappa shape index (κ1) is 17.1. The second-order valence-corrected chi connectivity index (χ2v) is 8.36. The summed E-state index contributed by atoms with van der Waals surface area (Å²) in [7, 11) is -3.75. The van der Waals surface area contributed by atoms with E-state index in [1.54, 1.807) is 6.92 Å². The van der Waals surface area contributed by atoms with E-state index in [4.69, 9.17) is 5.11 Å². The molecule has 0 atom stereocenters. The van der Waals surface area contributed by atoms with Crippen LogP contribution in [-0.2, 0) is 10.0 Å². The first-order valence-corrected chi connectivity index (χ1v) is 8.25. The van der Waals surface area contributed by atoms with Crippen molar-refractivity contribution in [3.05, 3.63) is 27.7 Å². The van der Waals surface area contributed by atoms with Gasteiger partial charge < -0.3 is 5.11 Å². The highest BCUT2D eigenvalue weighted by atomic mass is 79.9. The number of hydrogen-bond acceptors (Lipinski definition) is 3. The summed E-state index contributed by atoms with van der Waals surface area (Å²) in [6, 6.07) is 2.56. The van der Waals surface area contributed by atoms with Gasteiger partial charge in [-0.3, -0.25) is 0 Å². The fourth-order valence-electron chi connectivity index (χ4n) is 1.45. The van der Waals surface area contributed by atoms with Crippen molar-refractivity contribution in [1.29, 1.82) is 0 Å². The third kappa shape index (κ3) is 4.29. The molecule has 0 amide bonds. The molecule has 7 heteroatoms. The topological polar surface area (TPSA) is 83.5 Å². The molecule has 5 nitrogen and oxygen atoms in total. The van der Waals surface area contributed by atoms with E-state index >= 15 is 0 Å². The summed E-state index contributed by atoms with van der Waals surface area (Å²) in [6.07, 6.45) is 0. The van der Waals surface area contributed by atoms with Crippen molar-refractivity contribution >= 4 is 31.9 Å². The normalized spacial score (nSPS) is 12.4. The molecule has 112 valence electrons. The summed E-state index contributed by atoms with van der Waals surface area (Å²) in [5.41, 5.74) is 0.206. The summed E-state index contributed by atoms with van der Waals surface area (Å²) in [5, 5.41) is 9.01. The molecule has 1 rings (SSSR count). The van der Waals surface area contributed by atoms with Crippen molar-refractivity contribution in [2.45, 2.75) is 32.6 Å². The number of carboxylic acid groups (broad SMARTS) is 1. The first-order valence-electron chi connectivity index (χ1n) is 5.97. The Morgan fingerprint density at radius 1 is 1.35 bits per heavy atom. The molecule has 1 aromatic carbocycles. The largest absolute Gasteiger partial charge is 0.478 e. The van der Waals surface area contributed by atoms with Crippen molar-refractivity contribution in [1.82, 2.24) is 4.72 Å². The quantitative estimate of drug-likeness (QED) is 0.861. The van der Waals surface area contributed by atoms with Gasteiger partial charge in [-0.05, 0) is 30.0 Å². The number of carboxylic acids is 1. The minimum Gasteiger partial charge on any atom is -0.478 e. The summed E-state index contributed by atoms with van der Waals surface area (Å²) in [4.78, 5) is 11.0. The number of nitrogens with one attached hydrogen (secondary N) is 1. The highest BCUT2D eigenvalue weighted by molar-refractivity contribution is 9.10. The molecule has 0 unspecified atom stereocenters. The first-order chi connectivity index (χ1) is 8.94. The van der Waals surface area contributed by atoms with E-state index in [0.717, 1.165) is 0 Å². The molecular weight excluding hydrogens is 346 g/mol. The Balaban J connectivity index is 3.27. The smallest absolute Gasteiger partial charge is 0.335 e. The number of rotatable bonds is 4. The average molecular weight is 364 g/mol. The van der Waals surface area contributed by atoms with E-state index in [1.807, 2.05) is 20.8 Å². The standard InChI is InChI=1S/C13H18BrNO4S/c1-8-10(14)5-9(12(16)17)6-11(8)20(18,19)15-7-13(2,3)4/h5-6,15H,7H2,1-4H3,(H,16,17). The maximum Gasteiger partial charge on any atom is 0.335 e. The van der Waals surface area contributed by atoms with Gasteiger partial charge in [-0.2, -0.15) is 0 Å². The molecule has 0 aliphatic carbocycles. The molecule has 0 aliphatic rings. The summed E-state index contributed by atoms with van der Waals surface area (Å²) < 4.78 is 27.6. The lowest BCUT2D eigenvalue weighted by atomic mass is 9.98. The zero-order chi connectivity index (χ0) is 15.7. The van der Waals surface area contributed by atoms with Crippen LogP contribution in [0.25, 0.3) is 0 Å². The van der Waals surface area contributed by atoms with Gasteiger partial charge in [0.1, 0.15) is 0 Å². The van der Waals surface area contributed by atoms with Gasteiger partial charge in [0, 0.05) is 11.0 Å². The van der Waals surface area contributed by atoms with Crippen molar-refractivity contribution in [3.8, 4) is 0 Å². The molecule has 2 N–H and O–H groups in total. The van der Waals surface area contributed by atoms with Crippen LogP contribution in [0.2, 0.25) is 0 Å². The van der Waals surface area contributed by atoms with Gasteiger partial charge in [0.25, 0.3) is 0 Å². The van der Waals surface area contributed by atoms with Gasteiger partial charge in [0.2, 0.25) is 10.0 Å². The second-order valence-electron chi connectivity index (χ2n) is 5.77. The van der Waals surface area contributed by atoms with Crippen molar-refractivity contribution in [2.24, 2.45) is 5.41 Å². The lowest BCUT2D eigenvalue weighted by Gasteiger charge is -2.19. The molecule has 0 fully saturated rings. The van der Waals surface area contributed by atoms with Gasteiger partial charge in [-0.15, -0.1) is 0 Å². The minimum absolute atomic E-state index is 0.0199. The molecule has 1 aromatic rings. The van der Waals surface area contributed by atoms with E-state index in [0.29, 0.717) is 10.0 Å². The van der Waals surface area contributed by atoms with Gasteiger partial charge in [-0.25, -0.2) is 17.9 Å². The Labute approximate surface area is 127 Å². The summed E-state index contributed by atoms with van der Waals surface area (Å²) in [5.74, 6) is -1.17. The zero-order valence-corrected chi connectivity index (χ0v) is 14.2. The lowest BCUT2D eigenvalue weighted by Crippen LogP contribution is -2.32. The lowest BCUT2D eigenvalue weighted by molar-refractivity contribution is 0.0696. The highest BCUT2D eigenvalue weighted by Crippen LogP contribution is 2.26. The van der Waals surface area contributed by atoms with Crippen molar-refractivity contribution in [3.63, 3.8) is 0 Å². The Bertz CT molecular complexity index is 633. The fraction of sp³-hybridized carbons (Fsp3) is 0.462. The average Bonchev–Trinajstić information content (AvgIpc) is 2.28. The Kier molecular flexibility index (Phi) is 4.99. The number of halogens is 1. The van der Waals surface area contributed by atoms with E-state index in [1.165, 1.54) is 12.1 Å². The summed E-state index contributed by atoms with van der Waals surface area (Å²) >= 11 is 3.19.